The highest BCUT2D eigenvalue weighted by Gasteiger charge is 2.24. The molecule has 0 aliphatic heterocycles. The summed E-state index contributed by atoms with van der Waals surface area (Å²) in [7, 11) is 0. The summed E-state index contributed by atoms with van der Waals surface area (Å²) in [5.41, 5.74) is 10.9. The van der Waals surface area contributed by atoms with Gasteiger partial charge >= 0.3 is 5.97 Å². The number of hydrogen-bond donors (Lipinski definition) is 9. The van der Waals surface area contributed by atoms with E-state index in [9.17, 15) is 19.2 Å². The Morgan fingerprint density at radius 1 is 1.07 bits per heavy atom. The molecule has 0 bridgehead atoms. The summed E-state index contributed by atoms with van der Waals surface area (Å²) in [6, 6.07) is -2.93. The topological polar surface area (TPSA) is 213 Å². The largest absolute Gasteiger partial charge is 0.480 e. The summed E-state index contributed by atoms with van der Waals surface area (Å²) >= 11 is 4.03. The molecule has 3 amide bonds. The molecule has 30 heavy (non-hydrogen) atoms. The Morgan fingerprint density at radius 3 is 2.20 bits per heavy atom. The standard InChI is InChI=1S/C17H33N7O5S/c1-9(2)6-11(16(28)29)23-13(25)7-22-15(27)12(8-30)24-14(26)10(18)4-3-5-21-17(19)20/h9-12,30H,3-8,18H2,1-2H3,(H,22,27)(H,23,25)(H,24,26)(H,28,29)(H4,19,20,21)/t10-,11-,12-/m0/s1. The minimum absolute atomic E-state index is 0.0249. The normalized spacial score (nSPS) is 13.6. The van der Waals surface area contributed by atoms with Crippen LogP contribution in [-0.4, -0.2) is 71.7 Å². The molecule has 0 aromatic rings. The first-order valence-electron chi connectivity index (χ1n) is 9.52. The second-order valence-electron chi connectivity index (χ2n) is 7.14. The number of carbonyl (C=O) groups excluding carboxylic acids is 3. The smallest absolute Gasteiger partial charge is 0.326 e. The van der Waals surface area contributed by atoms with Crippen LogP contribution in [0.2, 0.25) is 0 Å². The van der Waals surface area contributed by atoms with Crippen LogP contribution in [0, 0.1) is 11.3 Å². The van der Waals surface area contributed by atoms with Gasteiger partial charge in [0, 0.05) is 12.3 Å². The van der Waals surface area contributed by atoms with Crippen molar-refractivity contribution < 1.29 is 24.3 Å². The van der Waals surface area contributed by atoms with Gasteiger partial charge in [-0.1, -0.05) is 13.8 Å². The van der Waals surface area contributed by atoms with Crippen LogP contribution in [0.5, 0.6) is 0 Å². The molecule has 172 valence electrons. The molecule has 13 heteroatoms. The van der Waals surface area contributed by atoms with Gasteiger partial charge in [0.2, 0.25) is 17.7 Å². The van der Waals surface area contributed by atoms with E-state index >= 15 is 0 Å². The van der Waals surface area contributed by atoms with Crippen LogP contribution in [0.15, 0.2) is 0 Å². The second kappa shape index (κ2) is 14.4. The molecule has 0 aromatic carbocycles. The lowest BCUT2D eigenvalue weighted by atomic mass is 10.0. The molecule has 0 radical (unpaired) electrons. The zero-order chi connectivity index (χ0) is 23.3. The molecule has 3 atom stereocenters. The number of amides is 3. The molecule has 0 spiro atoms. The predicted molar refractivity (Wildman–Crippen MR) is 115 cm³/mol. The number of nitrogens with one attached hydrogen (secondary N) is 5. The Bertz CT molecular complexity index is 617. The lowest BCUT2D eigenvalue weighted by molar-refractivity contribution is -0.142. The average molecular weight is 448 g/mol. The molecule has 0 heterocycles. The molecule has 0 unspecified atom stereocenters. The fraction of sp³-hybridized carbons (Fsp3) is 0.706. The molecular weight excluding hydrogens is 414 g/mol. The minimum Gasteiger partial charge on any atom is -0.480 e. The molecule has 0 aromatic heterocycles. The summed E-state index contributed by atoms with van der Waals surface area (Å²) in [6.45, 7) is 3.60. The fourth-order valence-corrected chi connectivity index (χ4v) is 2.63. The van der Waals surface area contributed by atoms with E-state index in [1.165, 1.54) is 0 Å². The summed E-state index contributed by atoms with van der Waals surface area (Å²) in [6.07, 6.45) is 1.05. The predicted octanol–water partition coefficient (Wildman–Crippen LogP) is -2.28. The third kappa shape index (κ3) is 12.1. The maximum atomic E-state index is 12.2. The van der Waals surface area contributed by atoms with Gasteiger partial charge in [-0.05, 0) is 25.2 Å². The van der Waals surface area contributed by atoms with Crippen molar-refractivity contribution in [3.05, 3.63) is 0 Å². The van der Waals surface area contributed by atoms with Crippen LogP contribution >= 0.6 is 12.6 Å². The van der Waals surface area contributed by atoms with Crippen LogP contribution in [-0.2, 0) is 19.2 Å². The van der Waals surface area contributed by atoms with Crippen molar-refractivity contribution in [2.45, 2.75) is 51.2 Å². The van der Waals surface area contributed by atoms with Gasteiger partial charge in [-0.15, -0.1) is 0 Å². The minimum atomic E-state index is -1.16. The monoisotopic (exact) mass is 447 g/mol. The Labute approximate surface area is 181 Å². The van der Waals surface area contributed by atoms with Crippen molar-refractivity contribution in [2.75, 3.05) is 18.8 Å². The summed E-state index contributed by atoms with van der Waals surface area (Å²) in [5, 5.41) is 25.9. The lowest BCUT2D eigenvalue weighted by Gasteiger charge is -2.20. The molecule has 0 aliphatic carbocycles. The van der Waals surface area contributed by atoms with Gasteiger partial charge < -0.3 is 37.8 Å². The van der Waals surface area contributed by atoms with Crippen molar-refractivity contribution in [3.8, 4) is 0 Å². The third-order valence-corrected chi connectivity index (χ3v) is 4.29. The van der Waals surface area contributed by atoms with Crippen LogP contribution < -0.4 is 32.7 Å². The molecule has 12 nitrogen and oxygen atoms in total. The van der Waals surface area contributed by atoms with Crippen LogP contribution in [0.25, 0.3) is 0 Å². The quantitative estimate of drug-likeness (QED) is 0.0611. The summed E-state index contributed by atoms with van der Waals surface area (Å²) in [5.74, 6) is -3.15. The van der Waals surface area contributed by atoms with Crippen LogP contribution in [0.4, 0.5) is 0 Å². The van der Waals surface area contributed by atoms with Gasteiger partial charge in [0.15, 0.2) is 5.96 Å². The Balaban J connectivity index is 4.48. The first kappa shape index (κ1) is 27.5. The SMILES string of the molecule is CC(C)C[C@H](NC(=O)CNC(=O)[C@H](CS)NC(=O)[C@@H](N)CCCNC(=N)N)C(=O)O. The first-order chi connectivity index (χ1) is 14.0. The molecule has 0 rings (SSSR count). The number of guanidine groups is 1. The van der Waals surface area contributed by atoms with Crippen molar-refractivity contribution >= 4 is 42.3 Å². The highest BCUT2D eigenvalue weighted by Crippen LogP contribution is 2.04. The maximum absolute atomic E-state index is 12.2. The van der Waals surface area contributed by atoms with E-state index < -0.39 is 48.4 Å². The van der Waals surface area contributed by atoms with E-state index in [1.54, 1.807) is 0 Å². The Hall–Kier alpha value is -2.54. The van der Waals surface area contributed by atoms with Crippen molar-refractivity contribution in [2.24, 2.45) is 17.4 Å². The van der Waals surface area contributed by atoms with Gasteiger partial charge in [0.25, 0.3) is 0 Å². The van der Waals surface area contributed by atoms with E-state index in [0.29, 0.717) is 19.4 Å². The van der Waals surface area contributed by atoms with Gasteiger partial charge in [-0.3, -0.25) is 19.8 Å². The lowest BCUT2D eigenvalue weighted by Crippen LogP contribution is -2.54. The zero-order valence-corrected chi connectivity index (χ0v) is 18.1. The highest BCUT2D eigenvalue weighted by molar-refractivity contribution is 7.80. The van der Waals surface area contributed by atoms with Crippen molar-refractivity contribution in [1.82, 2.24) is 21.3 Å². The number of hydrogen-bond acceptors (Lipinski definition) is 7. The molecular formula is C17H33N7O5S. The number of carboxylic acid groups (broad SMARTS) is 1. The van der Waals surface area contributed by atoms with Crippen LogP contribution in [0.3, 0.4) is 0 Å². The number of carbonyl (C=O) groups is 4. The fourth-order valence-electron chi connectivity index (χ4n) is 2.38. The number of nitrogens with two attached hydrogens (primary N) is 2. The van der Waals surface area contributed by atoms with Gasteiger partial charge in [-0.2, -0.15) is 12.6 Å². The molecule has 0 saturated carbocycles. The van der Waals surface area contributed by atoms with Crippen LogP contribution in [0.1, 0.15) is 33.1 Å². The van der Waals surface area contributed by atoms with E-state index in [2.05, 4.69) is 33.9 Å². The van der Waals surface area contributed by atoms with Crippen molar-refractivity contribution in [3.63, 3.8) is 0 Å². The number of aliphatic carboxylic acids is 1. The molecule has 0 aliphatic rings. The van der Waals surface area contributed by atoms with Gasteiger partial charge in [0.05, 0.1) is 12.6 Å². The second-order valence-corrected chi connectivity index (χ2v) is 7.50. The number of rotatable bonds is 14. The maximum Gasteiger partial charge on any atom is 0.326 e. The van der Waals surface area contributed by atoms with E-state index in [4.69, 9.17) is 22.0 Å². The Kier molecular flexibility index (Phi) is 13.2. The number of carboxylic acids is 1. The van der Waals surface area contributed by atoms with E-state index in [0.717, 1.165) is 0 Å². The molecule has 10 N–H and O–H groups in total. The first-order valence-corrected chi connectivity index (χ1v) is 10.2. The van der Waals surface area contributed by atoms with Crippen molar-refractivity contribution in [1.29, 1.82) is 5.41 Å². The summed E-state index contributed by atoms with van der Waals surface area (Å²) < 4.78 is 0. The average Bonchev–Trinajstić information content (AvgIpc) is 2.65. The zero-order valence-electron chi connectivity index (χ0n) is 17.2. The Morgan fingerprint density at radius 2 is 1.70 bits per heavy atom. The van der Waals surface area contributed by atoms with E-state index in [-0.39, 0.29) is 24.1 Å². The molecule has 0 saturated heterocycles. The van der Waals surface area contributed by atoms with Gasteiger partial charge in [-0.25, -0.2) is 4.79 Å². The third-order valence-electron chi connectivity index (χ3n) is 3.92. The number of thiol groups is 1. The molecule has 0 fully saturated rings. The summed E-state index contributed by atoms with van der Waals surface area (Å²) in [4.78, 5) is 47.5. The van der Waals surface area contributed by atoms with E-state index in [1.807, 2.05) is 13.8 Å². The van der Waals surface area contributed by atoms with Gasteiger partial charge in [0.1, 0.15) is 12.1 Å². The highest BCUT2D eigenvalue weighted by atomic mass is 32.1.